The SMILES string of the molecule is COC(=O)[C@H](COc1cc2c(cc1N)CCCC2)NC(=O)OC(C)(C)C. The zero-order valence-corrected chi connectivity index (χ0v) is 15.9. The molecule has 26 heavy (non-hydrogen) atoms. The molecule has 7 nitrogen and oxygen atoms in total. The summed E-state index contributed by atoms with van der Waals surface area (Å²) in [6.07, 6.45) is 3.60. The Morgan fingerprint density at radius 3 is 2.38 bits per heavy atom. The summed E-state index contributed by atoms with van der Waals surface area (Å²) in [7, 11) is 1.25. The molecular weight excluding hydrogens is 336 g/mol. The molecule has 1 aliphatic carbocycles. The third-order valence-corrected chi connectivity index (χ3v) is 4.06. The smallest absolute Gasteiger partial charge is 0.408 e. The van der Waals surface area contributed by atoms with Crippen molar-refractivity contribution in [3.05, 3.63) is 23.3 Å². The number of amides is 1. The summed E-state index contributed by atoms with van der Waals surface area (Å²) in [5.74, 6) is -0.113. The third kappa shape index (κ3) is 5.54. The molecule has 0 saturated heterocycles. The molecule has 0 spiro atoms. The minimum absolute atomic E-state index is 0.102. The van der Waals surface area contributed by atoms with Gasteiger partial charge in [-0.3, -0.25) is 0 Å². The first kappa shape index (κ1) is 19.9. The summed E-state index contributed by atoms with van der Waals surface area (Å²) in [4.78, 5) is 23.9. The van der Waals surface area contributed by atoms with Gasteiger partial charge in [0.05, 0.1) is 12.8 Å². The second-order valence-corrected chi connectivity index (χ2v) is 7.40. The lowest BCUT2D eigenvalue weighted by molar-refractivity contribution is -0.143. The Balaban J connectivity index is 2.05. The van der Waals surface area contributed by atoms with Crippen LogP contribution in [0.25, 0.3) is 0 Å². The number of nitrogens with two attached hydrogens (primary N) is 1. The normalized spacial score (nSPS) is 14.8. The maximum atomic E-state index is 11.9. The molecule has 0 unspecified atom stereocenters. The van der Waals surface area contributed by atoms with E-state index in [0.717, 1.165) is 25.7 Å². The van der Waals surface area contributed by atoms with Crippen molar-refractivity contribution >= 4 is 17.7 Å². The number of carbonyl (C=O) groups excluding carboxylic acids is 2. The fourth-order valence-corrected chi connectivity index (χ4v) is 2.84. The number of carbonyl (C=O) groups is 2. The van der Waals surface area contributed by atoms with Crippen LogP contribution in [0.1, 0.15) is 44.7 Å². The van der Waals surface area contributed by atoms with E-state index in [1.165, 1.54) is 18.2 Å². The lowest BCUT2D eigenvalue weighted by Gasteiger charge is -2.23. The second-order valence-electron chi connectivity index (χ2n) is 7.40. The highest BCUT2D eigenvalue weighted by Crippen LogP contribution is 2.31. The van der Waals surface area contributed by atoms with E-state index in [9.17, 15) is 9.59 Å². The number of nitrogens with one attached hydrogen (secondary N) is 1. The van der Waals surface area contributed by atoms with E-state index in [4.69, 9.17) is 19.9 Å². The maximum Gasteiger partial charge on any atom is 0.408 e. The molecule has 0 aromatic heterocycles. The van der Waals surface area contributed by atoms with Crippen LogP contribution in [0.2, 0.25) is 0 Å². The molecular formula is C19H28N2O5. The van der Waals surface area contributed by atoms with E-state index in [0.29, 0.717) is 11.4 Å². The molecule has 0 heterocycles. The number of anilines is 1. The van der Waals surface area contributed by atoms with Crippen molar-refractivity contribution in [3.63, 3.8) is 0 Å². The van der Waals surface area contributed by atoms with E-state index >= 15 is 0 Å². The van der Waals surface area contributed by atoms with Crippen LogP contribution in [0, 0.1) is 0 Å². The van der Waals surface area contributed by atoms with E-state index in [1.54, 1.807) is 20.8 Å². The van der Waals surface area contributed by atoms with Gasteiger partial charge in [0.1, 0.15) is 18.0 Å². The van der Waals surface area contributed by atoms with Crippen molar-refractivity contribution in [2.45, 2.75) is 58.1 Å². The zero-order valence-electron chi connectivity index (χ0n) is 15.9. The van der Waals surface area contributed by atoms with Crippen molar-refractivity contribution in [1.82, 2.24) is 5.32 Å². The average molecular weight is 364 g/mol. The molecule has 7 heteroatoms. The van der Waals surface area contributed by atoms with Crippen LogP contribution in [0.15, 0.2) is 12.1 Å². The van der Waals surface area contributed by atoms with Gasteiger partial charge in [-0.05, 0) is 69.7 Å². The van der Waals surface area contributed by atoms with E-state index in [1.807, 2.05) is 12.1 Å². The van der Waals surface area contributed by atoms with Crippen LogP contribution in [0.3, 0.4) is 0 Å². The second kappa shape index (κ2) is 8.29. The molecule has 1 aromatic carbocycles. The third-order valence-electron chi connectivity index (χ3n) is 4.06. The van der Waals surface area contributed by atoms with Crippen LogP contribution in [0.4, 0.5) is 10.5 Å². The lowest BCUT2D eigenvalue weighted by Crippen LogP contribution is -2.47. The van der Waals surface area contributed by atoms with Gasteiger partial charge in [-0.2, -0.15) is 0 Å². The van der Waals surface area contributed by atoms with E-state index in [-0.39, 0.29) is 6.61 Å². The molecule has 0 fully saturated rings. The Morgan fingerprint density at radius 2 is 1.81 bits per heavy atom. The number of rotatable bonds is 5. The van der Waals surface area contributed by atoms with Crippen molar-refractivity contribution in [1.29, 1.82) is 0 Å². The molecule has 144 valence electrons. The molecule has 1 amide bonds. The van der Waals surface area contributed by atoms with E-state index in [2.05, 4.69) is 5.32 Å². The quantitative estimate of drug-likeness (QED) is 0.615. The zero-order chi connectivity index (χ0) is 19.3. The molecule has 1 atom stereocenters. The van der Waals surface area contributed by atoms with Gasteiger partial charge >= 0.3 is 12.1 Å². The molecule has 0 radical (unpaired) electrons. The summed E-state index contributed by atoms with van der Waals surface area (Å²) < 4.78 is 15.6. The first-order valence-corrected chi connectivity index (χ1v) is 8.81. The standard InChI is InChI=1S/C19H28N2O5/c1-19(2,3)26-18(23)21-15(17(22)24-4)11-25-16-10-13-8-6-5-7-12(13)9-14(16)20/h9-10,15H,5-8,11,20H2,1-4H3,(H,21,23)/t15-/m0/s1. The van der Waals surface area contributed by atoms with Crippen LogP contribution in [-0.4, -0.2) is 37.4 Å². The number of ether oxygens (including phenoxy) is 3. The van der Waals surface area contributed by atoms with Gasteiger partial charge in [0, 0.05) is 0 Å². The van der Waals surface area contributed by atoms with Crippen LogP contribution < -0.4 is 15.8 Å². The lowest BCUT2D eigenvalue weighted by atomic mass is 9.91. The van der Waals surface area contributed by atoms with Crippen LogP contribution in [0.5, 0.6) is 5.75 Å². The maximum absolute atomic E-state index is 11.9. The Morgan fingerprint density at radius 1 is 1.19 bits per heavy atom. The van der Waals surface area contributed by atoms with Gasteiger partial charge in [-0.15, -0.1) is 0 Å². The molecule has 2 rings (SSSR count). The van der Waals surface area contributed by atoms with Crippen molar-refractivity contribution < 1.29 is 23.8 Å². The molecule has 0 bridgehead atoms. The van der Waals surface area contributed by atoms with Crippen molar-refractivity contribution in [2.75, 3.05) is 19.5 Å². The minimum Gasteiger partial charge on any atom is -0.489 e. The molecule has 0 aliphatic heterocycles. The Kier molecular flexibility index (Phi) is 6.34. The average Bonchev–Trinajstić information content (AvgIpc) is 2.56. The minimum atomic E-state index is -0.995. The van der Waals surface area contributed by atoms with Crippen molar-refractivity contribution in [3.8, 4) is 5.75 Å². The number of hydrogen-bond acceptors (Lipinski definition) is 6. The van der Waals surface area contributed by atoms with E-state index < -0.39 is 23.7 Å². The number of aryl methyl sites for hydroxylation is 2. The summed E-state index contributed by atoms with van der Waals surface area (Å²) in [6.45, 7) is 5.12. The molecule has 3 N–H and O–H groups in total. The van der Waals surface area contributed by atoms with Crippen LogP contribution >= 0.6 is 0 Å². The predicted molar refractivity (Wildman–Crippen MR) is 98.2 cm³/mol. The fraction of sp³-hybridized carbons (Fsp3) is 0.579. The Hall–Kier alpha value is -2.44. The number of esters is 1. The Labute approximate surface area is 154 Å². The number of hydrogen-bond donors (Lipinski definition) is 2. The molecule has 1 aromatic rings. The highest BCUT2D eigenvalue weighted by Gasteiger charge is 2.26. The van der Waals surface area contributed by atoms with Gasteiger partial charge in [0.25, 0.3) is 0 Å². The Bertz CT molecular complexity index is 667. The molecule has 1 aliphatic rings. The summed E-state index contributed by atoms with van der Waals surface area (Å²) in [5.41, 5.74) is 8.38. The summed E-state index contributed by atoms with van der Waals surface area (Å²) in [5, 5.41) is 2.47. The number of benzene rings is 1. The molecule has 0 saturated carbocycles. The monoisotopic (exact) mass is 364 g/mol. The summed E-state index contributed by atoms with van der Waals surface area (Å²) >= 11 is 0. The number of fused-ring (bicyclic) bond motifs is 1. The summed E-state index contributed by atoms with van der Waals surface area (Å²) in [6, 6.07) is 2.86. The number of alkyl carbamates (subject to hydrolysis) is 1. The highest BCUT2D eigenvalue weighted by atomic mass is 16.6. The number of nitrogen functional groups attached to an aromatic ring is 1. The predicted octanol–water partition coefficient (Wildman–Crippen LogP) is 2.59. The van der Waals surface area contributed by atoms with Crippen molar-refractivity contribution in [2.24, 2.45) is 0 Å². The number of methoxy groups -OCH3 is 1. The topological polar surface area (TPSA) is 99.9 Å². The van der Waals surface area contributed by atoms with Gasteiger partial charge in [0.2, 0.25) is 0 Å². The first-order valence-electron chi connectivity index (χ1n) is 8.81. The largest absolute Gasteiger partial charge is 0.489 e. The first-order chi connectivity index (χ1) is 12.2. The fourth-order valence-electron chi connectivity index (χ4n) is 2.84. The van der Waals surface area contributed by atoms with Gasteiger partial charge in [-0.25, -0.2) is 9.59 Å². The van der Waals surface area contributed by atoms with Gasteiger partial charge < -0.3 is 25.3 Å². The highest BCUT2D eigenvalue weighted by molar-refractivity contribution is 5.81. The van der Waals surface area contributed by atoms with Crippen LogP contribution in [-0.2, 0) is 27.1 Å². The van der Waals surface area contributed by atoms with Gasteiger partial charge in [-0.1, -0.05) is 0 Å². The van der Waals surface area contributed by atoms with Gasteiger partial charge in [0.15, 0.2) is 6.04 Å².